The van der Waals surface area contributed by atoms with E-state index in [-0.39, 0.29) is 42.6 Å². The van der Waals surface area contributed by atoms with Gasteiger partial charge in [-0.05, 0) is 31.2 Å². The molecule has 1 aromatic carbocycles. The number of hydrogen-bond donors (Lipinski definition) is 3. The van der Waals surface area contributed by atoms with Crippen molar-refractivity contribution in [2.24, 2.45) is 0 Å². The summed E-state index contributed by atoms with van der Waals surface area (Å²) in [5, 5.41) is 14.2. The zero-order valence-corrected chi connectivity index (χ0v) is 15.7. The first-order valence-electron chi connectivity index (χ1n) is 8.02. The van der Waals surface area contributed by atoms with E-state index in [0.717, 1.165) is 4.31 Å². The van der Waals surface area contributed by atoms with Crippen LogP contribution in [0.5, 0.6) is 0 Å². The van der Waals surface area contributed by atoms with Crippen LogP contribution in [0.25, 0.3) is 0 Å². The molecule has 1 atom stereocenters. The minimum atomic E-state index is -3.87. The highest BCUT2D eigenvalue weighted by atomic mass is 32.2. The Kier molecular flexibility index (Phi) is 6.19. The maximum Gasteiger partial charge on any atom is 0.331 e. The number of ether oxygens (including phenoxy) is 1. The Morgan fingerprint density at radius 1 is 1.33 bits per heavy atom. The molecule has 1 aromatic rings. The van der Waals surface area contributed by atoms with Crippen LogP contribution in [-0.2, 0) is 24.3 Å². The molecule has 1 aliphatic heterocycles. The first kappa shape index (κ1) is 20.8. The Balaban J connectivity index is 2.17. The molecule has 0 aromatic heterocycles. The van der Waals surface area contributed by atoms with Gasteiger partial charge in [0.2, 0.25) is 15.9 Å². The number of carbonyl (C=O) groups is 3. The maximum absolute atomic E-state index is 12.6. The Morgan fingerprint density at radius 2 is 1.96 bits per heavy atom. The monoisotopic (exact) mass is 399 g/mol. The summed E-state index contributed by atoms with van der Waals surface area (Å²) in [4.78, 5) is 35.0. The summed E-state index contributed by atoms with van der Waals surface area (Å²) in [7, 11) is -2.55. The number of rotatable bonds is 7. The first-order valence-corrected chi connectivity index (χ1v) is 9.46. The topological polar surface area (TPSA) is 142 Å². The molecule has 3 N–H and O–H groups in total. The normalized spacial score (nSPS) is 17.6. The third-order valence-corrected chi connectivity index (χ3v) is 5.91. The molecule has 27 heavy (non-hydrogen) atoms. The molecule has 1 heterocycles. The smallest absolute Gasteiger partial charge is 0.331 e. The van der Waals surface area contributed by atoms with Gasteiger partial charge in [0, 0.05) is 25.8 Å². The predicted molar refractivity (Wildman–Crippen MR) is 93.6 cm³/mol. The van der Waals surface area contributed by atoms with Crippen molar-refractivity contribution in [2.45, 2.75) is 17.4 Å². The van der Waals surface area contributed by atoms with Crippen molar-refractivity contribution in [3.05, 3.63) is 29.8 Å². The zero-order valence-electron chi connectivity index (χ0n) is 14.9. The minimum absolute atomic E-state index is 0.0633. The standard InChI is InChI=1S/C16H21N3O7S/c1-16(10-26-2,15(22)23)18-14(21)11-3-5-12(6-4-11)27(24,25)19-8-7-17-13(20)9-19/h3-6H,7-10H2,1-2H3,(H,17,20)(H,18,21)(H,22,23). The number of sulfonamides is 1. The van der Waals surface area contributed by atoms with Gasteiger partial charge < -0.3 is 20.5 Å². The number of carboxylic acid groups (broad SMARTS) is 1. The molecule has 10 nitrogen and oxygen atoms in total. The summed E-state index contributed by atoms with van der Waals surface area (Å²) < 4.78 is 31.0. The second-order valence-electron chi connectivity index (χ2n) is 6.24. The lowest BCUT2D eigenvalue weighted by molar-refractivity contribution is -0.145. The zero-order chi connectivity index (χ0) is 20.2. The molecule has 1 fully saturated rings. The molecule has 2 amide bonds. The predicted octanol–water partition coefficient (Wildman–Crippen LogP) is -0.973. The van der Waals surface area contributed by atoms with E-state index in [1.165, 1.54) is 38.3 Å². The Morgan fingerprint density at radius 3 is 2.48 bits per heavy atom. The lowest BCUT2D eigenvalue weighted by Gasteiger charge is -2.26. The van der Waals surface area contributed by atoms with Gasteiger partial charge in [-0.3, -0.25) is 9.59 Å². The largest absolute Gasteiger partial charge is 0.479 e. The van der Waals surface area contributed by atoms with E-state index >= 15 is 0 Å². The van der Waals surface area contributed by atoms with E-state index in [4.69, 9.17) is 4.74 Å². The van der Waals surface area contributed by atoms with Crippen LogP contribution < -0.4 is 10.6 Å². The third-order valence-electron chi connectivity index (χ3n) is 4.05. The summed E-state index contributed by atoms with van der Waals surface area (Å²) in [6.45, 7) is 1.18. The number of methoxy groups -OCH3 is 1. The highest BCUT2D eigenvalue weighted by Gasteiger charge is 2.35. The van der Waals surface area contributed by atoms with Crippen molar-refractivity contribution in [1.29, 1.82) is 0 Å². The van der Waals surface area contributed by atoms with Crippen LogP contribution in [0.3, 0.4) is 0 Å². The average Bonchev–Trinajstić information content (AvgIpc) is 2.62. The van der Waals surface area contributed by atoms with E-state index in [1.807, 2.05) is 0 Å². The molecular formula is C16H21N3O7S. The van der Waals surface area contributed by atoms with E-state index in [1.54, 1.807) is 0 Å². The van der Waals surface area contributed by atoms with Crippen molar-refractivity contribution in [3.8, 4) is 0 Å². The maximum atomic E-state index is 12.6. The molecule has 0 aliphatic carbocycles. The molecule has 0 radical (unpaired) electrons. The van der Waals surface area contributed by atoms with Gasteiger partial charge in [0.1, 0.15) is 0 Å². The highest BCUT2D eigenvalue weighted by Crippen LogP contribution is 2.18. The fraction of sp³-hybridized carbons (Fsp3) is 0.438. The van der Waals surface area contributed by atoms with Crippen molar-refractivity contribution in [1.82, 2.24) is 14.9 Å². The van der Waals surface area contributed by atoms with Gasteiger partial charge >= 0.3 is 5.97 Å². The summed E-state index contributed by atoms with van der Waals surface area (Å²) in [6.07, 6.45) is 0. The second-order valence-corrected chi connectivity index (χ2v) is 8.18. The molecule has 1 saturated heterocycles. The van der Waals surface area contributed by atoms with Gasteiger partial charge in [-0.15, -0.1) is 0 Å². The van der Waals surface area contributed by atoms with E-state index in [0.29, 0.717) is 0 Å². The average molecular weight is 399 g/mol. The molecule has 11 heteroatoms. The summed E-state index contributed by atoms with van der Waals surface area (Å²) >= 11 is 0. The Labute approximate surface area is 156 Å². The molecular weight excluding hydrogens is 378 g/mol. The van der Waals surface area contributed by atoms with Crippen LogP contribution in [0.15, 0.2) is 29.2 Å². The van der Waals surface area contributed by atoms with E-state index in [2.05, 4.69) is 10.6 Å². The van der Waals surface area contributed by atoms with Crippen molar-refractivity contribution < 1.29 is 32.6 Å². The van der Waals surface area contributed by atoms with Gasteiger partial charge in [0.25, 0.3) is 5.91 Å². The quantitative estimate of drug-likeness (QED) is 0.535. The number of nitrogens with zero attached hydrogens (tertiary/aromatic N) is 1. The van der Waals surface area contributed by atoms with Crippen LogP contribution in [-0.4, -0.2) is 74.5 Å². The molecule has 2 rings (SSSR count). The van der Waals surface area contributed by atoms with Crippen molar-refractivity contribution >= 4 is 27.8 Å². The fourth-order valence-corrected chi connectivity index (χ4v) is 3.91. The van der Waals surface area contributed by atoms with Crippen molar-refractivity contribution in [2.75, 3.05) is 33.4 Å². The lowest BCUT2D eigenvalue weighted by Crippen LogP contribution is -2.55. The number of carboxylic acids is 1. The fourth-order valence-electron chi connectivity index (χ4n) is 2.51. The van der Waals surface area contributed by atoms with E-state index < -0.39 is 27.4 Å². The molecule has 0 spiro atoms. The summed E-state index contributed by atoms with van der Waals surface area (Å²) in [6, 6.07) is 5.04. The molecule has 1 unspecified atom stereocenters. The molecule has 0 saturated carbocycles. The number of nitrogens with one attached hydrogen (secondary N) is 2. The molecule has 0 bridgehead atoms. The number of hydrogen-bond acceptors (Lipinski definition) is 6. The van der Waals surface area contributed by atoms with Gasteiger partial charge in [0.05, 0.1) is 18.0 Å². The minimum Gasteiger partial charge on any atom is -0.479 e. The van der Waals surface area contributed by atoms with Crippen LogP contribution >= 0.6 is 0 Å². The number of carbonyl (C=O) groups excluding carboxylic acids is 2. The summed E-state index contributed by atoms with van der Waals surface area (Å²) in [5.74, 6) is -2.33. The van der Waals surface area contributed by atoms with Gasteiger partial charge in [-0.2, -0.15) is 4.31 Å². The lowest BCUT2D eigenvalue weighted by atomic mass is 10.0. The van der Waals surface area contributed by atoms with Gasteiger partial charge in [0.15, 0.2) is 5.54 Å². The van der Waals surface area contributed by atoms with Crippen LogP contribution in [0, 0.1) is 0 Å². The molecule has 1 aliphatic rings. The number of amides is 2. The number of benzene rings is 1. The second kappa shape index (κ2) is 8.03. The van der Waals surface area contributed by atoms with Gasteiger partial charge in [-0.1, -0.05) is 0 Å². The van der Waals surface area contributed by atoms with Crippen LogP contribution in [0.1, 0.15) is 17.3 Å². The Bertz CT molecular complexity index is 838. The third kappa shape index (κ3) is 4.62. The SMILES string of the molecule is COCC(C)(NC(=O)c1ccc(S(=O)(=O)N2CCNC(=O)C2)cc1)C(=O)O. The van der Waals surface area contributed by atoms with Crippen molar-refractivity contribution in [3.63, 3.8) is 0 Å². The van der Waals surface area contributed by atoms with Crippen LogP contribution in [0.4, 0.5) is 0 Å². The van der Waals surface area contributed by atoms with E-state index in [9.17, 15) is 27.9 Å². The molecule has 148 valence electrons. The summed E-state index contributed by atoms with van der Waals surface area (Å²) in [5.41, 5.74) is -1.54. The van der Waals surface area contributed by atoms with Gasteiger partial charge in [-0.25, -0.2) is 13.2 Å². The Hall–Kier alpha value is -2.50. The number of aliphatic carboxylic acids is 1. The van der Waals surface area contributed by atoms with Crippen LogP contribution in [0.2, 0.25) is 0 Å². The first-order chi connectivity index (χ1) is 12.6. The highest BCUT2D eigenvalue weighted by molar-refractivity contribution is 7.89. The number of piperazine rings is 1.